The van der Waals surface area contributed by atoms with Crippen molar-refractivity contribution in [2.75, 3.05) is 5.32 Å². The van der Waals surface area contributed by atoms with E-state index in [2.05, 4.69) is 15.3 Å². The second-order valence-corrected chi connectivity index (χ2v) is 6.76. The van der Waals surface area contributed by atoms with Crippen molar-refractivity contribution >= 4 is 29.0 Å². The van der Waals surface area contributed by atoms with Gasteiger partial charge in [-0.15, -0.1) is 11.8 Å². The van der Waals surface area contributed by atoms with Crippen LogP contribution < -0.4 is 5.32 Å². The summed E-state index contributed by atoms with van der Waals surface area (Å²) in [6.45, 7) is 0. The number of hydrogen-bond donors (Lipinski definition) is 1. The van der Waals surface area contributed by atoms with Gasteiger partial charge in [0.2, 0.25) is 0 Å². The van der Waals surface area contributed by atoms with E-state index in [4.69, 9.17) is 0 Å². The Labute approximate surface area is 155 Å². The first-order valence-corrected chi connectivity index (χ1v) is 9.13. The maximum Gasteiger partial charge on any atom is 0.255 e. The molecule has 128 valence electrons. The Morgan fingerprint density at radius 1 is 1.08 bits per heavy atom. The van der Waals surface area contributed by atoms with E-state index in [1.807, 2.05) is 65.3 Å². The van der Waals surface area contributed by atoms with E-state index >= 15 is 0 Å². The Morgan fingerprint density at radius 3 is 2.73 bits per heavy atom. The lowest BCUT2D eigenvalue weighted by atomic mass is 10.2. The van der Waals surface area contributed by atoms with Crippen molar-refractivity contribution in [1.82, 2.24) is 14.4 Å². The summed E-state index contributed by atoms with van der Waals surface area (Å²) in [6, 6.07) is 17.1. The van der Waals surface area contributed by atoms with Gasteiger partial charge in [0, 0.05) is 34.8 Å². The highest BCUT2D eigenvalue weighted by Gasteiger charge is 2.07. The number of rotatable bonds is 5. The van der Waals surface area contributed by atoms with Crippen LogP contribution in [0.25, 0.3) is 5.65 Å². The topological polar surface area (TPSA) is 59.3 Å². The van der Waals surface area contributed by atoms with Crippen molar-refractivity contribution in [3.8, 4) is 0 Å². The molecule has 0 atom stereocenters. The molecule has 0 saturated heterocycles. The minimum atomic E-state index is -0.144. The number of carbonyl (C=O) groups excluding carboxylic acids is 1. The van der Waals surface area contributed by atoms with Crippen LogP contribution in [0.4, 0.5) is 5.69 Å². The summed E-state index contributed by atoms with van der Waals surface area (Å²) in [7, 11) is 0. The molecule has 26 heavy (non-hydrogen) atoms. The average Bonchev–Trinajstić information content (AvgIpc) is 3.10. The molecule has 0 radical (unpaired) electrons. The molecule has 0 unspecified atom stereocenters. The number of carbonyl (C=O) groups is 1. The lowest BCUT2D eigenvalue weighted by molar-refractivity contribution is 0.102. The molecule has 0 spiro atoms. The van der Waals surface area contributed by atoms with Crippen molar-refractivity contribution in [3.63, 3.8) is 0 Å². The highest BCUT2D eigenvalue weighted by Crippen LogP contribution is 2.23. The fraction of sp³-hybridized carbons (Fsp3) is 0.0500. The SMILES string of the molecule is O=C(Nc1cccnc1)c1ccc(SCc2cn3ccccc3n2)cc1. The predicted octanol–water partition coefficient (Wildman–Crippen LogP) is 4.27. The van der Waals surface area contributed by atoms with Gasteiger partial charge in [0.1, 0.15) is 5.65 Å². The minimum absolute atomic E-state index is 0.144. The van der Waals surface area contributed by atoms with Gasteiger partial charge in [-0.05, 0) is 48.5 Å². The van der Waals surface area contributed by atoms with Crippen LogP contribution in [-0.4, -0.2) is 20.3 Å². The van der Waals surface area contributed by atoms with E-state index in [0.717, 1.165) is 22.0 Å². The van der Waals surface area contributed by atoms with Crippen LogP contribution in [0.3, 0.4) is 0 Å². The molecule has 0 fully saturated rings. The quantitative estimate of drug-likeness (QED) is 0.540. The number of hydrogen-bond acceptors (Lipinski definition) is 4. The average molecular weight is 360 g/mol. The molecule has 6 heteroatoms. The summed E-state index contributed by atoms with van der Waals surface area (Å²) >= 11 is 1.70. The number of pyridine rings is 2. The largest absolute Gasteiger partial charge is 0.321 e. The van der Waals surface area contributed by atoms with Crippen molar-refractivity contribution in [1.29, 1.82) is 0 Å². The van der Waals surface area contributed by atoms with E-state index < -0.39 is 0 Å². The third-order valence-electron chi connectivity index (χ3n) is 3.84. The number of benzene rings is 1. The molecule has 0 aliphatic heterocycles. The van der Waals surface area contributed by atoms with Crippen LogP contribution in [0.15, 0.2) is 84.3 Å². The fourth-order valence-corrected chi connectivity index (χ4v) is 3.34. The van der Waals surface area contributed by atoms with Crippen molar-refractivity contribution < 1.29 is 4.79 Å². The molecule has 1 N–H and O–H groups in total. The van der Waals surface area contributed by atoms with Crippen molar-refractivity contribution in [3.05, 3.63) is 90.6 Å². The van der Waals surface area contributed by atoms with Gasteiger partial charge in [0.15, 0.2) is 0 Å². The first-order chi connectivity index (χ1) is 12.8. The number of aromatic nitrogens is 3. The normalized spacial score (nSPS) is 10.8. The standard InChI is InChI=1S/C20H16N4OS/c25-20(23-16-4-3-10-21-12-16)15-6-8-18(9-7-15)26-14-17-13-24-11-2-1-5-19(24)22-17/h1-13H,14H2,(H,23,25). The summed E-state index contributed by atoms with van der Waals surface area (Å²) < 4.78 is 2.02. The van der Waals surface area contributed by atoms with Crippen LogP contribution in [0.5, 0.6) is 0 Å². The molecule has 0 aliphatic carbocycles. The van der Waals surface area contributed by atoms with E-state index in [1.165, 1.54) is 0 Å². The third kappa shape index (κ3) is 3.75. The van der Waals surface area contributed by atoms with E-state index in [9.17, 15) is 4.79 Å². The second-order valence-electron chi connectivity index (χ2n) is 5.71. The minimum Gasteiger partial charge on any atom is -0.321 e. The molecule has 1 amide bonds. The number of nitrogens with one attached hydrogen (secondary N) is 1. The number of amides is 1. The number of thioether (sulfide) groups is 1. The molecule has 0 saturated carbocycles. The highest BCUT2D eigenvalue weighted by atomic mass is 32.2. The van der Waals surface area contributed by atoms with E-state index in [-0.39, 0.29) is 5.91 Å². The van der Waals surface area contributed by atoms with Crippen molar-refractivity contribution in [2.45, 2.75) is 10.6 Å². The monoisotopic (exact) mass is 360 g/mol. The molecular formula is C20H16N4OS. The van der Waals surface area contributed by atoms with Crippen LogP contribution in [0, 0.1) is 0 Å². The zero-order valence-corrected chi connectivity index (χ0v) is 14.7. The molecule has 5 nitrogen and oxygen atoms in total. The maximum absolute atomic E-state index is 12.2. The molecule has 0 aliphatic rings. The van der Waals surface area contributed by atoms with Gasteiger partial charge in [0.05, 0.1) is 17.6 Å². The van der Waals surface area contributed by atoms with E-state index in [1.54, 1.807) is 30.2 Å². The summed E-state index contributed by atoms with van der Waals surface area (Å²) in [4.78, 5) is 21.9. The third-order valence-corrected chi connectivity index (χ3v) is 4.88. The number of fused-ring (bicyclic) bond motifs is 1. The molecule has 0 bridgehead atoms. The second kappa shape index (κ2) is 7.41. The van der Waals surface area contributed by atoms with Crippen LogP contribution in [-0.2, 0) is 5.75 Å². The Kier molecular flexibility index (Phi) is 4.66. The van der Waals surface area contributed by atoms with Gasteiger partial charge >= 0.3 is 0 Å². The first-order valence-electron chi connectivity index (χ1n) is 8.15. The van der Waals surface area contributed by atoms with Crippen LogP contribution in [0.2, 0.25) is 0 Å². The lowest BCUT2D eigenvalue weighted by Crippen LogP contribution is -2.11. The van der Waals surface area contributed by atoms with Crippen molar-refractivity contribution in [2.24, 2.45) is 0 Å². The van der Waals surface area contributed by atoms with E-state index in [0.29, 0.717) is 11.3 Å². The first kappa shape index (κ1) is 16.4. The Hall–Kier alpha value is -3.12. The molecule has 3 heterocycles. The molecule has 4 rings (SSSR count). The van der Waals surface area contributed by atoms with Gasteiger partial charge in [0.25, 0.3) is 5.91 Å². The van der Waals surface area contributed by atoms with Gasteiger partial charge in [-0.3, -0.25) is 9.78 Å². The lowest BCUT2D eigenvalue weighted by Gasteiger charge is -2.05. The predicted molar refractivity (Wildman–Crippen MR) is 103 cm³/mol. The molecule has 3 aromatic heterocycles. The number of anilines is 1. The van der Waals surface area contributed by atoms with Crippen LogP contribution in [0.1, 0.15) is 16.1 Å². The van der Waals surface area contributed by atoms with Gasteiger partial charge in [-0.1, -0.05) is 6.07 Å². The summed E-state index contributed by atoms with van der Waals surface area (Å²) in [5.74, 6) is 0.637. The highest BCUT2D eigenvalue weighted by molar-refractivity contribution is 7.98. The Morgan fingerprint density at radius 2 is 1.96 bits per heavy atom. The molecule has 1 aromatic carbocycles. The Balaban J connectivity index is 1.38. The summed E-state index contributed by atoms with van der Waals surface area (Å²) in [5.41, 5.74) is 3.28. The number of nitrogens with zero attached hydrogens (tertiary/aromatic N) is 3. The molecule has 4 aromatic rings. The zero-order chi connectivity index (χ0) is 17.8. The van der Waals surface area contributed by atoms with Gasteiger partial charge in [-0.25, -0.2) is 4.98 Å². The maximum atomic E-state index is 12.2. The van der Waals surface area contributed by atoms with Gasteiger partial charge in [-0.2, -0.15) is 0 Å². The van der Waals surface area contributed by atoms with Gasteiger partial charge < -0.3 is 9.72 Å². The summed E-state index contributed by atoms with van der Waals surface area (Å²) in [5, 5.41) is 2.83. The van der Waals surface area contributed by atoms with Crippen LogP contribution >= 0.6 is 11.8 Å². The smallest absolute Gasteiger partial charge is 0.255 e. The zero-order valence-electron chi connectivity index (χ0n) is 13.9. The fourth-order valence-electron chi connectivity index (χ4n) is 2.56. The Bertz CT molecular complexity index is 996. The number of imidazole rings is 1. The summed E-state index contributed by atoms with van der Waals surface area (Å²) in [6.07, 6.45) is 7.33. The molecular weight excluding hydrogens is 344 g/mol.